The first-order valence-corrected chi connectivity index (χ1v) is 7.34. The lowest BCUT2D eigenvalue weighted by Gasteiger charge is -2.24. The van der Waals surface area contributed by atoms with Crippen molar-refractivity contribution in [1.82, 2.24) is 0 Å². The summed E-state index contributed by atoms with van der Waals surface area (Å²) >= 11 is 3.35. The van der Waals surface area contributed by atoms with Gasteiger partial charge >= 0.3 is 5.97 Å². The van der Waals surface area contributed by atoms with Crippen LogP contribution in [0.2, 0.25) is 0 Å². The smallest absolute Gasteiger partial charge is 0.307 e. The maximum Gasteiger partial charge on any atom is 0.307 e. The van der Waals surface area contributed by atoms with Crippen LogP contribution in [0.15, 0.2) is 34.8 Å². The molecule has 0 aromatic heterocycles. The molecular formula is C15H16BrNO4. The molecule has 1 amide bonds. The molecule has 112 valence electrons. The van der Waals surface area contributed by atoms with E-state index in [2.05, 4.69) is 21.2 Å². The number of carbonyl (C=O) groups excluding carboxylic acids is 1. The lowest BCUT2D eigenvalue weighted by atomic mass is 9.82. The van der Waals surface area contributed by atoms with Crippen LogP contribution >= 0.6 is 15.9 Å². The number of benzene rings is 1. The monoisotopic (exact) mass is 353 g/mol. The summed E-state index contributed by atoms with van der Waals surface area (Å²) in [7, 11) is 1.56. The van der Waals surface area contributed by atoms with Crippen molar-refractivity contribution in [3.63, 3.8) is 0 Å². The summed E-state index contributed by atoms with van der Waals surface area (Å²) in [5.74, 6) is -1.76. The van der Waals surface area contributed by atoms with E-state index < -0.39 is 17.8 Å². The third-order valence-corrected chi connectivity index (χ3v) is 4.13. The fourth-order valence-electron chi connectivity index (χ4n) is 2.36. The number of halogens is 1. The number of nitrogens with one attached hydrogen (secondary N) is 1. The van der Waals surface area contributed by atoms with Gasteiger partial charge in [0.1, 0.15) is 5.75 Å². The van der Waals surface area contributed by atoms with Gasteiger partial charge in [-0.25, -0.2) is 0 Å². The second kappa shape index (κ2) is 6.76. The van der Waals surface area contributed by atoms with E-state index >= 15 is 0 Å². The van der Waals surface area contributed by atoms with Crippen molar-refractivity contribution in [2.75, 3.05) is 12.4 Å². The summed E-state index contributed by atoms with van der Waals surface area (Å²) < 4.78 is 5.85. The highest BCUT2D eigenvalue weighted by molar-refractivity contribution is 9.10. The van der Waals surface area contributed by atoms with Gasteiger partial charge in [-0.2, -0.15) is 0 Å². The topological polar surface area (TPSA) is 75.6 Å². The third kappa shape index (κ3) is 3.64. The first kappa shape index (κ1) is 15.6. The number of carboxylic acid groups (broad SMARTS) is 1. The van der Waals surface area contributed by atoms with Crippen LogP contribution < -0.4 is 10.1 Å². The Morgan fingerprint density at radius 1 is 1.29 bits per heavy atom. The molecule has 0 fully saturated rings. The Hall–Kier alpha value is -1.82. The zero-order valence-corrected chi connectivity index (χ0v) is 13.1. The highest BCUT2D eigenvalue weighted by atomic mass is 79.9. The molecule has 0 bridgehead atoms. The zero-order chi connectivity index (χ0) is 15.4. The van der Waals surface area contributed by atoms with Crippen molar-refractivity contribution < 1.29 is 19.4 Å². The van der Waals surface area contributed by atoms with Gasteiger partial charge in [0.2, 0.25) is 5.91 Å². The van der Waals surface area contributed by atoms with E-state index in [0.29, 0.717) is 24.3 Å². The Morgan fingerprint density at radius 3 is 2.52 bits per heavy atom. The van der Waals surface area contributed by atoms with Crippen molar-refractivity contribution in [3.8, 4) is 5.75 Å². The minimum absolute atomic E-state index is 0.274. The summed E-state index contributed by atoms with van der Waals surface area (Å²) in [6.45, 7) is 0. The molecule has 0 radical (unpaired) electrons. The van der Waals surface area contributed by atoms with E-state index in [-0.39, 0.29) is 5.91 Å². The number of hydrogen-bond donors (Lipinski definition) is 2. The maximum absolute atomic E-state index is 12.3. The summed E-state index contributed by atoms with van der Waals surface area (Å²) in [5.41, 5.74) is 0.603. The molecule has 0 saturated carbocycles. The van der Waals surface area contributed by atoms with Gasteiger partial charge in [-0.3, -0.25) is 9.59 Å². The molecule has 1 aromatic carbocycles. The van der Waals surface area contributed by atoms with Crippen molar-refractivity contribution >= 4 is 33.5 Å². The highest BCUT2D eigenvalue weighted by Gasteiger charge is 2.33. The van der Waals surface area contributed by atoms with Crippen LogP contribution in [-0.2, 0) is 9.59 Å². The van der Waals surface area contributed by atoms with E-state index in [1.54, 1.807) is 25.3 Å². The van der Waals surface area contributed by atoms with Crippen LogP contribution in [0.5, 0.6) is 5.75 Å². The molecule has 1 aliphatic carbocycles. The van der Waals surface area contributed by atoms with Gasteiger partial charge in [0.15, 0.2) is 0 Å². The van der Waals surface area contributed by atoms with Crippen LogP contribution in [0.4, 0.5) is 5.69 Å². The Labute approximate surface area is 131 Å². The second-order valence-corrected chi connectivity index (χ2v) is 5.69. The number of methoxy groups -OCH3 is 1. The number of ether oxygens (including phenoxy) is 1. The van der Waals surface area contributed by atoms with E-state index in [0.717, 1.165) is 4.47 Å². The Morgan fingerprint density at radius 2 is 1.95 bits per heavy atom. The van der Waals surface area contributed by atoms with Gasteiger partial charge in [-0.05, 0) is 47.0 Å². The fourth-order valence-corrected chi connectivity index (χ4v) is 2.90. The third-order valence-electron chi connectivity index (χ3n) is 3.51. The molecule has 1 aromatic rings. The van der Waals surface area contributed by atoms with Crippen molar-refractivity contribution in [2.24, 2.45) is 11.8 Å². The first-order chi connectivity index (χ1) is 10.0. The van der Waals surface area contributed by atoms with Crippen LogP contribution in [0, 0.1) is 11.8 Å². The standard InChI is InChI=1S/C15H16BrNO4/c1-21-13-7-6-9(8-12(13)16)17-14(18)10-4-2-3-5-11(10)15(19)20/h2-3,6-8,10-11H,4-5H2,1H3,(H,17,18)(H,19,20). The number of hydrogen-bond acceptors (Lipinski definition) is 3. The fraction of sp³-hybridized carbons (Fsp3) is 0.333. The highest BCUT2D eigenvalue weighted by Crippen LogP contribution is 2.30. The van der Waals surface area contributed by atoms with Crippen LogP contribution in [-0.4, -0.2) is 24.1 Å². The number of allylic oxidation sites excluding steroid dienone is 2. The van der Waals surface area contributed by atoms with Gasteiger partial charge in [0, 0.05) is 5.69 Å². The molecule has 21 heavy (non-hydrogen) atoms. The van der Waals surface area contributed by atoms with Crippen molar-refractivity contribution in [2.45, 2.75) is 12.8 Å². The summed E-state index contributed by atoms with van der Waals surface area (Å²) in [4.78, 5) is 23.5. The Balaban J connectivity index is 2.11. The molecule has 6 heteroatoms. The number of carbonyl (C=O) groups is 2. The summed E-state index contributed by atoms with van der Waals surface area (Å²) in [5, 5.41) is 12.0. The average Bonchev–Trinajstić information content (AvgIpc) is 2.47. The quantitative estimate of drug-likeness (QED) is 0.815. The minimum atomic E-state index is -0.935. The summed E-state index contributed by atoms with van der Waals surface area (Å²) in [6, 6.07) is 5.18. The van der Waals surface area contributed by atoms with Crippen LogP contribution in [0.1, 0.15) is 12.8 Å². The molecule has 0 aliphatic heterocycles. The Kier molecular flexibility index (Phi) is 5.01. The second-order valence-electron chi connectivity index (χ2n) is 4.83. The van der Waals surface area contributed by atoms with E-state index in [4.69, 9.17) is 4.74 Å². The van der Waals surface area contributed by atoms with Crippen LogP contribution in [0.25, 0.3) is 0 Å². The van der Waals surface area contributed by atoms with Gasteiger partial charge in [-0.15, -0.1) is 0 Å². The number of amides is 1. The lowest BCUT2D eigenvalue weighted by Crippen LogP contribution is -2.34. The number of aliphatic carboxylic acids is 1. The molecule has 2 N–H and O–H groups in total. The molecule has 2 rings (SSSR count). The van der Waals surface area contributed by atoms with Crippen molar-refractivity contribution in [1.29, 1.82) is 0 Å². The predicted octanol–water partition coefficient (Wildman–Crippen LogP) is 3.06. The van der Waals surface area contributed by atoms with E-state index in [1.807, 2.05) is 12.2 Å². The van der Waals surface area contributed by atoms with Crippen molar-refractivity contribution in [3.05, 3.63) is 34.8 Å². The number of carboxylic acids is 1. The molecule has 0 heterocycles. The van der Waals surface area contributed by atoms with Crippen LogP contribution in [0.3, 0.4) is 0 Å². The SMILES string of the molecule is COc1ccc(NC(=O)C2CC=CCC2C(=O)O)cc1Br. The van der Waals surface area contributed by atoms with E-state index in [9.17, 15) is 14.7 Å². The lowest BCUT2D eigenvalue weighted by molar-refractivity contribution is -0.146. The average molecular weight is 354 g/mol. The van der Waals surface area contributed by atoms with Gasteiger partial charge in [-0.1, -0.05) is 12.2 Å². The van der Waals surface area contributed by atoms with E-state index in [1.165, 1.54) is 0 Å². The normalized spacial score (nSPS) is 20.9. The minimum Gasteiger partial charge on any atom is -0.496 e. The molecule has 2 atom stereocenters. The van der Waals surface area contributed by atoms with Gasteiger partial charge in [0.25, 0.3) is 0 Å². The number of rotatable bonds is 4. The zero-order valence-electron chi connectivity index (χ0n) is 11.5. The largest absolute Gasteiger partial charge is 0.496 e. The maximum atomic E-state index is 12.3. The Bertz CT molecular complexity index is 585. The van der Waals surface area contributed by atoms with Gasteiger partial charge in [0.05, 0.1) is 23.4 Å². The number of anilines is 1. The summed E-state index contributed by atoms with van der Waals surface area (Å²) in [6.07, 6.45) is 4.50. The van der Waals surface area contributed by atoms with Gasteiger partial charge < -0.3 is 15.2 Å². The molecule has 0 saturated heterocycles. The first-order valence-electron chi connectivity index (χ1n) is 6.55. The molecule has 0 spiro atoms. The molecule has 5 nitrogen and oxygen atoms in total. The molecular weight excluding hydrogens is 338 g/mol. The predicted molar refractivity (Wildman–Crippen MR) is 82.3 cm³/mol. The molecule has 1 aliphatic rings. The molecule has 2 unspecified atom stereocenters.